The van der Waals surface area contributed by atoms with Gasteiger partial charge in [-0.2, -0.15) is 0 Å². The van der Waals surface area contributed by atoms with Crippen LogP contribution in [-0.2, 0) is 11.3 Å². The summed E-state index contributed by atoms with van der Waals surface area (Å²) in [4.78, 5) is 17.3. The molecule has 1 N–H and O–H groups in total. The van der Waals surface area contributed by atoms with Crippen LogP contribution in [0, 0.1) is 52.8 Å². The number of aliphatic hydroxyl groups is 1. The van der Waals surface area contributed by atoms with Crippen LogP contribution in [0.4, 0.5) is 0 Å². The minimum absolute atomic E-state index is 0.148. The molecule has 4 fully saturated rings. The van der Waals surface area contributed by atoms with Gasteiger partial charge in [0.1, 0.15) is 5.60 Å². The molecule has 5 aliphatic carbocycles. The third kappa shape index (κ3) is 3.48. The van der Waals surface area contributed by atoms with E-state index in [9.17, 15) is 9.90 Å². The van der Waals surface area contributed by atoms with E-state index in [0.717, 1.165) is 38.0 Å². The van der Waals surface area contributed by atoms with Gasteiger partial charge in [-0.05, 0) is 86.9 Å². The standard InChI is InChI=1S/C28H36N2O2/c1-27-11-9-22-21-10-13-28(32,12-8-19-2-3-19)16-20(21)4-5-23(22)24(27)6-7-25(27)26(31)17-30-15-14-29-18-30/h4,14-15,18-19,21-25,32H,2-3,5-7,9-11,13,16-17H2,1H3. The Morgan fingerprint density at radius 1 is 1.19 bits per heavy atom. The SMILES string of the molecule is CC12CCC3C4CCC(O)(C#CC5CC5)CC4=CCC3C1CCC2C(=O)Cn1ccnc1. The quantitative estimate of drug-likeness (QED) is 0.552. The Bertz CT molecular complexity index is 981. The Morgan fingerprint density at radius 2 is 2.06 bits per heavy atom. The highest BCUT2D eigenvalue weighted by Gasteiger charge is 2.57. The van der Waals surface area contributed by atoms with Gasteiger partial charge < -0.3 is 9.67 Å². The number of fused-ring (bicyclic) bond motifs is 5. The first-order valence-corrected chi connectivity index (χ1v) is 12.9. The van der Waals surface area contributed by atoms with Gasteiger partial charge in [-0.3, -0.25) is 4.79 Å². The zero-order valence-electron chi connectivity index (χ0n) is 19.3. The van der Waals surface area contributed by atoms with Crippen molar-refractivity contribution in [3.8, 4) is 11.8 Å². The van der Waals surface area contributed by atoms with Crippen LogP contribution in [0.5, 0.6) is 0 Å². The van der Waals surface area contributed by atoms with Crippen LogP contribution < -0.4 is 0 Å². The minimum Gasteiger partial charge on any atom is -0.377 e. The summed E-state index contributed by atoms with van der Waals surface area (Å²) < 4.78 is 1.93. The monoisotopic (exact) mass is 432 g/mol. The number of hydrogen-bond donors (Lipinski definition) is 1. The molecule has 5 aliphatic rings. The van der Waals surface area contributed by atoms with Crippen LogP contribution >= 0.6 is 0 Å². The van der Waals surface area contributed by atoms with Crippen molar-refractivity contribution in [2.75, 3.05) is 0 Å². The molecule has 0 spiro atoms. The highest BCUT2D eigenvalue weighted by molar-refractivity contribution is 5.82. The zero-order chi connectivity index (χ0) is 21.9. The molecule has 0 bridgehead atoms. The van der Waals surface area contributed by atoms with E-state index < -0.39 is 5.60 Å². The number of nitrogens with zero attached hydrogens (tertiary/aromatic N) is 2. The lowest BCUT2D eigenvalue weighted by Gasteiger charge is -2.54. The molecule has 0 aliphatic heterocycles. The molecule has 170 valence electrons. The Morgan fingerprint density at radius 3 is 2.84 bits per heavy atom. The second-order valence-electron chi connectivity index (χ2n) is 11.7. The van der Waals surface area contributed by atoms with E-state index in [1.54, 1.807) is 12.5 Å². The smallest absolute Gasteiger partial charge is 0.156 e. The third-order valence-electron chi connectivity index (χ3n) is 9.88. The molecule has 0 radical (unpaired) electrons. The first-order chi connectivity index (χ1) is 15.5. The number of hydrogen-bond acceptors (Lipinski definition) is 3. The Hall–Kier alpha value is -1.86. The van der Waals surface area contributed by atoms with Crippen LogP contribution in [0.3, 0.4) is 0 Å². The van der Waals surface area contributed by atoms with Crippen molar-refractivity contribution in [1.82, 2.24) is 9.55 Å². The zero-order valence-corrected chi connectivity index (χ0v) is 19.3. The van der Waals surface area contributed by atoms with Gasteiger partial charge in [-0.25, -0.2) is 4.98 Å². The Labute approximate surface area is 191 Å². The van der Waals surface area contributed by atoms with Crippen molar-refractivity contribution >= 4 is 5.78 Å². The lowest BCUT2D eigenvalue weighted by molar-refractivity contribution is -0.129. The van der Waals surface area contributed by atoms with E-state index in [2.05, 4.69) is 29.8 Å². The van der Waals surface area contributed by atoms with Crippen molar-refractivity contribution in [3.63, 3.8) is 0 Å². The van der Waals surface area contributed by atoms with E-state index in [0.29, 0.717) is 36.0 Å². The second kappa shape index (κ2) is 7.59. The summed E-state index contributed by atoms with van der Waals surface area (Å²) >= 11 is 0. The summed E-state index contributed by atoms with van der Waals surface area (Å²) in [6.45, 7) is 2.89. The first-order valence-electron chi connectivity index (χ1n) is 12.9. The number of imidazole rings is 1. The average molecular weight is 433 g/mol. The van der Waals surface area contributed by atoms with Crippen LogP contribution in [0.15, 0.2) is 30.4 Å². The average Bonchev–Trinajstić information content (AvgIpc) is 3.34. The lowest BCUT2D eigenvalue weighted by atomic mass is 9.51. The van der Waals surface area contributed by atoms with E-state index in [1.807, 2.05) is 10.8 Å². The maximum atomic E-state index is 13.2. The van der Waals surface area contributed by atoms with Gasteiger partial charge in [-0.1, -0.05) is 30.4 Å². The highest BCUT2D eigenvalue weighted by Crippen LogP contribution is 2.63. The first kappa shape index (κ1) is 20.7. The summed E-state index contributed by atoms with van der Waals surface area (Å²) in [7, 11) is 0. The maximum Gasteiger partial charge on any atom is 0.156 e. The van der Waals surface area contributed by atoms with E-state index in [-0.39, 0.29) is 11.3 Å². The molecule has 7 unspecified atom stereocenters. The van der Waals surface area contributed by atoms with Crippen LogP contribution in [0.25, 0.3) is 0 Å². The fraction of sp³-hybridized carbons (Fsp3) is 0.714. The van der Waals surface area contributed by atoms with Gasteiger partial charge in [0.15, 0.2) is 5.78 Å². The molecule has 0 saturated heterocycles. The van der Waals surface area contributed by atoms with Crippen molar-refractivity contribution in [2.45, 2.75) is 83.3 Å². The lowest BCUT2D eigenvalue weighted by Crippen LogP contribution is -2.48. The molecule has 4 nitrogen and oxygen atoms in total. The number of rotatable bonds is 3. The third-order valence-corrected chi connectivity index (χ3v) is 9.88. The number of carbonyl (C=O) groups excluding carboxylic acids is 1. The molecule has 6 rings (SSSR count). The van der Waals surface area contributed by atoms with Gasteiger partial charge in [0.2, 0.25) is 0 Å². The van der Waals surface area contributed by atoms with Gasteiger partial charge >= 0.3 is 0 Å². The number of aromatic nitrogens is 2. The predicted molar refractivity (Wildman–Crippen MR) is 123 cm³/mol. The van der Waals surface area contributed by atoms with Gasteiger partial charge in [0.25, 0.3) is 0 Å². The second-order valence-corrected chi connectivity index (χ2v) is 11.7. The summed E-state index contributed by atoms with van der Waals surface area (Å²) in [5.74, 6) is 10.4. The molecule has 0 aromatic carbocycles. The molecule has 1 aromatic rings. The van der Waals surface area contributed by atoms with Crippen LogP contribution in [0.1, 0.15) is 71.1 Å². The van der Waals surface area contributed by atoms with E-state index in [1.165, 1.54) is 37.7 Å². The predicted octanol–water partition coefficient (Wildman–Crippen LogP) is 4.79. The van der Waals surface area contributed by atoms with Crippen molar-refractivity contribution < 1.29 is 9.90 Å². The van der Waals surface area contributed by atoms with Gasteiger partial charge in [0, 0.05) is 30.7 Å². The molecule has 0 amide bonds. The van der Waals surface area contributed by atoms with Gasteiger partial charge in [0.05, 0.1) is 12.9 Å². The number of Topliss-reactive ketones (excluding diaryl/α,β-unsaturated/α-hetero) is 1. The molecule has 1 aromatic heterocycles. The summed E-state index contributed by atoms with van der Waals surface area (Å²) in [6.07, 6.45) is 18.8. The Kier molecular flexibility index (Phi) is 4.92. The normalized spacial score (nSPS) is 42.7. The summed E-state index contributed by atoms with van der Waals surface area (Å²) in [6, 6.07) is 0. The van der Waals surface area contributed by atoms with E-state index >= 15 is 0 Å². The summed E-state index contributed by atoms with van der Waals surface area (Å²) in [5.41, 5.74) is 0.841. The largest absolute Gasteiger partial charge is 0.377 e. The van der Waals surface area contributed by atoms with Crippen LogP contribution in [0.2, 0.25) is 0 Å². The fourth-order valence-electron chi connectivity index (χ4n) is 8.06. The fourth-order valence-corrected chi connectivity index (χ4v) is 8.06. The molecular weight excluding hydrogens is 396 g/mol. The maximum absolute atomic E-state index is 13.2. The van der Waals surface area contributed by atoms with Crippen molar-refractivity contribution in [1.29, 1.82) is 0 Å². The molecule has 4 saturated carbocycles. The van der Waals surface area contributed by atoms with Crippen molar-refractivity contribution in [2.24, 2.45) is 40.9 Å². The van der Waals surface area contributed by atoms with Crippen LogP contribution in [-0.4, -0.2) is 26.0 Å². The molecular formula is C28H36N2O2. The molecule has 7 atom stereocenters. The molecule has 1 heterocycles. The molecule has 4 heteroatoms. The minimum atomic E-state index is -0.793. The number of allylic oxidation sites excluding steroid dienone is 1. The highest BCUT2D eigenvalue weighted by atomic mass is 16.3. The van der Waals surface area contributed by atoms with Crippen molar-refractivity contribution in [3.05, 3.63) is 30.4 Å². The van der Waals surface area contributed by atoms with Gasteiger partial charge in [-0.15, -0.1) is 0 Å². The topological polar surface area (TPSA) is 55.1 Å². The Balaban J connectivity index is 1.18. The summed E-state index contributed by atoms with van der Waals surface area (Å²) in [5, 5.41) is 11.1. The number of ketones is 1. The van der Waals surface area contributed by atoms with E-state index in [4.69, 9.17) is 0 Å². The molecule has 32 heavy (non-hydrogen) atoms. The number of carbonyl (C=O) groups is 1.